The molecule has 88 valence electrons. The van der Waals surface area contributed by atoms with E-state index in [-0.39, 0.29) is 6.10 Å². The number of aliphatic hydroxyl groups is 1. The van der Waals surface area contributed by atoms with E-state index in [9.17, 15) is 5.11 Å². The number of nitrogens with zero attached hydrogens (tertiary/aromatic N) is 2. The molecule has 1 aliphatic rings. The molecular weight excluding hydrogens is 204 g/mol. The number of aliphatic hydroxyl groups excluding tert-OH is 1. The molecule has 0 spiro atoms. The zero-order chi connectivity index (χ0) is 11.7. The van der Waals surface area contributed by atoms with Gasteiger partial charge in [0, 0.05) is 13.6 Å². The second-order valence-corrected chi connectivity index (χ2v) is 4.52. The van der Waals surface area contributed by atoms with Crippen LogP contribution in [0.3, 0.4) is 0 Å². The van der Waals surface area contributed by atoms with Crippen LogP contribution in [0.4, 0.5) is 17.3 Å². The van der Waals surface area contributed by atoms with Gasteiger partial charge in [0.25, 0.3) is 0 Å². The summed E-state index contributed by atoms with van der Waals surface area (Å²) in [5.41, 5.74) is 11.8. The second kappa shape index (κ2) is 4.17. The van der Waals surface area contributed by atoms with Crippen molar-refractivity contribution in [3.63, 3.8) is 0 Å². The van der Waals surface area contributed by atoms with Gasteiger partial charge in [-0.25, -0.2) is 4.98 Å². The molecule has 1 aliphatic carbocycles. The van der Waals surface area contributed by atoms with Crippen LogP contribution in [-0.2, 0) is 0 Å². The van der Waals surface area contributed by atoms with Gasteiger partial charge in [0.1, 0.15) is 11.6 Å². The first-order valence-corrected chi connectivity index (χ1v) is 5.47. The van der Waals surface area contributed by atoms with Crippen LogP contribution in [0.2, 0.25) is 0 Å². The predicted octanol–water partition coefficient (Wildman–Crippen LogP) is 0.453. The monoisotopic (exact) mass is 222 g/mol. The Morgan fingerprint density at radius 1 is 1.44 bits per heavy atom. The number of aromatic nitrogens is 1. The minimum atomic E-state index is -0.108. The SMILES string of the molecule is CN(CC1CC(O)C1)c1ccc(N)c(N)n1. The smallest absolute Gasteiger partial charge is 0.149 e. The molecule has 1 heterocycles. The number of hydrogen-bond acceptors (Lipinski definition) is 5. The highest BCUT2D eigenvalue weighted by Crippen LogP contribution is 2.29. The highest BCUT2D eigenvalue weighted by molar-refractivity contribution is 5.62. The van der Waals surface area contributed by atoms with E-state index in [2.05, 4.69) is 4.98 Å². The molecule has 1 aromatic rings. The third kappa shape index (κ3) is 2.19. The minimum absolute atomic E-state index is 0.108. The Morgan fingerprint density at radius 2 is 2.12 bits per heavy atom. The first kappa shape index (κ1) is 11.0. The maximum Gasteiger partial charge on any atom is 0.149 e. The molecule has 1 fully saturated rings. The van der Waals surface area contributed by atoms with Crippen molar-refractivity contribution in [1.82, 2.24) is 4.98 Å². The third-order valence-corrected chi connectivity index (χ3v) is 3.08. The van der Waals surface area contributed by atoms with E-state index in [0.717, 1.165) is 25.2 Å². The lowest BCUT2D eigenvalue weighted by Gasteiger charge is -2.34. The second-order valence-electron chi connectivity index (χ2n) is 4.52. The van der Waals surface area contributed by atoms with Crippen molar-refractivity contribution in [2.24, 2.45) is 5.92 Å². The number of pyridine rings is 1. The summed E-state index contributed by atoms with van der Waals surface area (Å²) in [4.78, 5) is 6.27. The lowest BCUT2D eigenvalue weighted by molar-refractivity contribution is 0.0464. The van der Waals surface area contributed by atoms with Crippen LogP contribution in [0, 0.1) is 5.92 Å². The van der Waals surface area contributed by atoms with E-state index in [1.54, 1.807) is 6.07 Å². The molecule has 0 saturated heterocycles. The fourth-order valence-corrected chi connectivity index (χ4v) is 2.02. The largest absolute Gasteiger partial charge is 0.396 e. The van der Waals surface area contributed by atoms with Gasteiger partial charge < -0.3 is 21.5 Å². The number of anilines is 3. The summed E-state index contributed by atoms with van der Waals surface area (Å²) in [7, 11) is 1.97. The average molecular weight is 222 g/mol. The third-order valence-electron chi connectivity index (χ3n) is 3.08. The van der Waals surface area contributed by atoms with Crippen molar-refractivity contribution in [1.29, 1.82) is 0 Å². The highest BCUT2D eigenvalue weighted by atomic mass is 16.3. The molecule has 16 heavy (non-hydrogen) atoms. The summed E-state index contributed by atoms with van der Waals surface area (Å²) < 4.78 is 0. The molecule has 1 saturated carbocycles. The summed E-state index contributed by atoms with van der Waals surface area (Å²) in [6.45, 7) is 0.896. The topological polar surface area (TPSA) is 88.4 Å². The quantitative estimate of drug-likeness (QED) is 0.691. The molecule has 0 aliphatic heterocycles. The molecule has 1 aromatic heterocycles. The zero-order valence-corrected chi connectivity index (χ0v) is 9.43. The maximum absolute atomic E-state index is 9.21. The van der Waals surface area contributed by atoms with Gasteiger partial charge in [0.15, 0.2) is 0 Å². The summed E-state index contributed by atoms with van der Waals surface area (Å²) in [5.74, 6) is 1.76. The summed E-state index contributed by atoms with van der Waals surface area (Å²) in [6.07, 6.45) is 1.66. The lowest BCUT2D eigenvalue weighted by atomic mass is 9.82. The van der Waals surface area contributed by atoms with Gasteiger partial charge in [-0.1, -0.05) is 0 Å². The van der Waals surface area contributed by atoms with Gasteiger partial charge in [-0.15, -0.1) is 0 Å². The van der Waals surface area contributed by atoms with Crippen molar-refractivity contribution in [2.45, 2.75) is 18.9 Å². The lowest BCUT2D eigenvalue weighted by Crippen LogP contribution is -2.37. The number of nitrogens with two attached hydrogens (primary N) is 2. The van der Waals surface area contributed by atoms with Crippen molar-refractivity contribution in [2.75, 3.05) is 30.0 Å². The maximum atomic E-state index is 9.21. The van der Waals surface area contributed by atoms with E-state index in [1.807, 2.05) is 18.0 Å². The average Bonchev–Trinajstić information content (AvgIpc) is 2.19. The van der Waals surface area contributed by atoms with Crippen LogP contribution in [0.5, 0.6) is 0 Å². The Labute approximate surface area is 95.1 Å². The van der Waals surface area contributed by atoms with Crippen molar-refractivity contribution >= 4 is 17.3 Å². The zero-order valence-electron chi connectivity index (χ0n) is 9.43. The van der Waals surface area contributed by atoms with Crippen LogP contribution in [0.1, 0.15) is 12.8 Å². The molecule has 2 rings (SSSR count). The minimum Gasteiger partial charge on any atom is -0.396 e. The van der Waals surface area contributed by atoms with Gasteiger partial charge in [-0.2, -0.15) is 0 Å². The van der Waals surface area contributed by atoms with Gasteiger partial charge in [0.05, 0.1) is 11.8 Å². The molecule has 5 N–H and O–H groups in total. The molecule has 0 radical (unpaired) electrons. The van der Waals surface area contributed by atoms with Gasteiger partial charge in [0.2, 0.25) is 0 Å². The summed E-state index contributed by atoms with van der Waals surface area (Å²) >= 11 is 0. The molecule has 0 bridgehead atoms. The van der Waals surface area contributed by atoms with Crippen molar-refractivity contribution < 1.29 is 5.11 Å². The van der Waals surface area contributed by atoms with Gasteiger partial charge >= 0.3 is 0 Å². The normalized spacial score (nSPS) is 23.9. The molecule has 0 amide bonds. The Morgan fingerprint density at radius 3 is 2.69 bits per heavy atom. The van der Waals surface area contributed by atoms with Crippen LogP contribution in [-0.4, -0.2) is 29.8 Å². The Bertz CT molecular complexity index is 376. The van der Waals surface area contributed by atoms with Gasteiger partial charge in [-0.3, -0.25) is 0 Å². The molecule has 0 atom stereocenters. The molecule has 0 aromatic carbocycles. The molecular formula is C11H18N4O. The molecule has 0 unspecified atom stereocenters. The Balaban J connectivity index is 1.97. The Hall–Kier alpha value is -1.49. The van der Waals surface area contributed by atoms with E-state index in [1.165, 1.54) is 0 Å². The van der Waals surface area contributed by atoms with E-state index < -0.39 is 0 Å². The molecule has 5 nitrogen and oxygen atoms in total. The Kier molecular flexibility index (Phi) is 2.87. The number of hydrogen-bond donors (Lipinski definition) is 3. The fraction of sp³-hybridized carbons (Fsp3) is 0.545. The van der Waals surface area contributed by atoms with Crippen molar-refractivity contribution in [3.05, 3.63) is 12.1 Å². The standard InChI is InChI=1S/C11H18N4O/c1-15(6-7-4-8(16)5-7)10-3-2-9(12)11(13)14-10/h2-3,7-8,16H,4-6,12H2,1H3,(H2,13,14). The first-order chi connectivity index (χ1) is 7.56. The fourth-order valence-electron chi connectivity index (χ4n) is 2.02. The van der Waals surface area contributed by atoms with E-state index >= 15 is 0 Å². The van der Waals surface area contributed by atoms with E-state index in [0.29, 0.717) is 17.4 Å². The van der Waals surface area contributed by atoms with Crippen LogP contribution in [0.15, 0.2) is 12.1 Å². The van der Waals surface area contributed by atoms with Crippen molar-refractivity contribution in [3.8, 4) is 0 Å². The first-order valence-electron chi connectivity index (χ1n) is 5.47. The molecule has 5 heteroatoms. The summed E-state index contributed by atoms with van der Waals surface area (Å²) in [6, 6.07) is 3.63. The highest BCUT2D eigenvalue weighted by Gasteiger charge is 2.28. The number of rotatable bonds is 3. The van der Waals surface area contributed by atoms with Crippen LogP contribution < -0.4 is 16.4 Å². The summed E-state index contributed by atoms with van der Waals surface area (Å²) in [5, 5.41) is 9.21. The van der Waals surface area contributed by atoms with Crippen LogP contribution >= 0.6 is 0 Å². The predicted molar refractivity (Wildman–Crippen MR) is 65.1 cm³/mol. The van der Waals surface area contributed by atoms with Gasteiger partial charge in [-0.05, 0) is 30.9 Å². The van der Waals surface area contributed by atoms with Crippen LogP contribution in [0.25, 0.3) is 0 Å². The number of nitrogen functional groups attached to an aromatic ring is 2. The van der Waals surface area contributed by atoms with E-state index in [4.69, 9.17) is 11.5 Å².